The van der Waals surface area contributed by atoms with Gasteiger partial charge in [0.15, 0.2) is 5.78 Å². The number of nitrogens with two attached hydrogens (primary N) is 2. The van der Waals surface area contributed by atoms with Gasteiger partial charge in [0.1, 0.15) is 18.4 Å². The predicted molar refractivity (Wildman–Crippen MR) is 123 cm³/mol. The number of ketones is 1. The zero-order valence-corrected chi connectivity index (χ0v) is 17.3. The molecule has 0 spiro atoms. The monoisotopic (exact) mass is 405 g/mol. The summed E-state index contributed by atoms with van der Waals surface area (Å²) in [6, 6.07) is 23.3. The lowest BCUT2D eigenvalue weighted by Gasteiger charge is -2.22. The highest BCUT2D eigenvalue weighted by atomic mass is 16.5. The largest absolute Gasteiger partial charge is 0.491 e. The molecule has 158 valence electrons. The number of hydrogen-bond donors (Lipinski definition) is 3. The zero-order chi connectivity index (χ0) is 21.2. The summed E-state index contributed by atoms with van der Waals surface area (Å²) in [5, 5.41) is 5.61. The van der Waals surface area contributed by atoms with Gasteiger partial charge >= 0.3 is 0 Å². The molecule has 3 aromatic carbocycles. The van der Waals surface area contributed by atoms with Crippen molar-refractivity contribution in [3.8, 4) is 5.75 Å². The molecule has 0 aliphatic rings. The SMILES string of the molecule is NCCC[C@H](N)C(=O)C(COc1ccc2ccccc2c1)NCCc1ccccc1. The molecule has 0 amide bonds. The molecule has 5 nitrogen and oxygen atoms in total. The van der Waals surface area contributed by atoms with Gasteiger partial charge in [-0.25, -0.2) is 0 Å². The third kappa shape index (κ3) is 6.39. The van der Waals surface area contributed by atoms with Gasteiger partial charge in [-0.05, 0) is 60.8 Å². The molecule has 0 radical (unpaired) electrons. The summed E-state index contributed by atoms with van der Waals surface area (Å²) in [5.41, 5.74) is 12.9. The molecule has 30 heavy (non-hydrogen) atoms. The average molecular weight is 406 g/mol. The van der Waals surface area contributed by atoms with Gasteiger partial charge in [0.25, 0.3) is 0 Å². The first-order chi connectivity index (χ1) is 14.7. The lowest BCUT2D eigenvalue weighted by Crippen LogP contribution is -2.49. The van der Waals surface area contributed by atoms with E-state index in [0.717, 1.165) is 29.4 Å². The molecule has 0 bridgehead atoms. The fraction of sp³-hybridized carbons (Fsp3) is 0.320. The van der Waals surface area contributed by atoms with Crippen molar-refractivity contribution in [1.29, 1.82) is 0 Å². The van der Waals surface area contributed by atoms with Crippen molar-refractivity contribution in [2.75, 3.05) is 19.7 Å². The van der Waals surface area contributed by atoms with E-state index in [1.54, 1.807) is 0 Å². The highest BCUT2D eigenvalue weighted by molar-refractivity contribution is 5.89. The summed E-state index contributed by atoms with van der Waals surface area (Å²) in [4.78, 5) is 12.9. The second kappa shape index (κ2) is 11.5. The molecule has 1 unspecified atom stereocenters. The molecule has 0 saturated heterocycles. The van der Waals surface area contributed by atoms with Crippen LogP contribution in [0, 0.1) is 0 Å². The number of hydrogen-bond acceptors (Lipinski definition) is 5. The Morgan fingerprint density at radius 1 is 0.967 bits per heavy atom. The van der Waals surface area contributed by atoms with E-state index < -0.39 is 12.1 Å². The van der Waals surface area contributed by atoms with E-state index in [9.17, 15) is 4.79 Å². The fourth-order valence-electron chi connectivity index (χ4n) is 3.45. The van der Waals surface area contributed by atoms with Crippen molar-refractivity contribution in [1.82, 2.24) is 5.32 Å². The summed E-state index contributed by atoms with van der Waals surface area (Å²) < 4.78 is 5.99. The second-order valence-corrected chi connectivity index (χ2v) is 7.50. The molecule has 5 N–H and O–H groups in total. The zero-order valence-electron chi connectivity index (χ0n) is 17.3. The first-order valence-electron chi connectivity index (χ1n) is 10.6. The van der Waals surface area contributed by atoms with Gasteiger partial charge in [-0.2, -0.15) is 0 Å². The van der Waals surface area contributed by atoms with Crippen molar-refractivity contribution in [3.05, 3.63) is 78.4 Å². The highest BCUT2D eigenvalue weighted by Crippen LogP contribution is 2.20. The lowest BCUT2D eigenvalue weighted by molar-refractivity contribution is -0.123. The fourth-order valence-corrected chi connectivity index (χ4v) is 3.45. The summed E-state index contributed by atoms with van der Waals surface area (Å²) in [7, 11) is 0. The van der Waals surface area contributed by atoms with E-state index in [1.807, 2.05) is 54.6 Å². The normalized spacial score (nSPS) is 13.1. The second-order valence-electron chi connectivity index (χ2n) is 7.50. The molecule has 3 rings (SSSR count). The number of benzene rings is 3. The van der Waals surface area contributed by atoms with Gasteiger partial charge in [0.2, 0.25) is 0 Å². The highest BCUT2D eigenvalue weighted by Gasteiger charge is 2.24. The Bertz CT molecular complexity index is 930. The molecule has 5 heteroatoms. The Morgan fingerprint density at radius 3 is 2.47 bits per heavy atom. The molecule has 0 saturated carbocycles. The van der Waals surface area contributed by atoms with Crippen LogP contribution in [0.15, 0.2) is 72.8 Å². The van der Waals surface area contributed by atoms with E-state index >= 15 is 0 Å². The van der Waals surface area contributed by atoms with Gasteiger partial charge in [-0.15, -0.1) is 0 Å². The van der Waals surface area contributed by atoms with E-state index in [4.69, 9.17) is 16.2 Å². The van der Waals surface area contributed by atoms with Crippen LogP contribution in [0.3, 0.4) is 0 Å². The standard InChI is InChI=1S/C25H31N3O2/c26-15-6-11-23(27)25(29)24(28-16-14-19-7-2-1-3-8-19)18-30-22-13-12-20-9-4-5-10-21(20)17-22/h1-5,7-10,12-13,17,23-24,28H,6,11,14-16,18,26-27H2/t23-,24?/m0/s1. The van der Waals surface area contributed by atoms with Crippen LogP contribution in [0.2, 0.25) is 0 Å². The van der Waals surface area contributed by atoms with Gasteiger partial charge in [-0.1, -0.05) is 60.7 Å². The first kappa shape index (κ1) is 22.0. The van der Waals surface area contributed by atoms with Gasteiger partial charge in [0, 0.05) is 0 Å². The van der Waals surface area contributed by atoms with Crippen molar-refractivity contribution < 1.29 is 9.53 Å². The summed E-state index contributed by atoms with van der Waals surface area (Å²) >= 11 is 0. The Kier molecular flexibility index (Phi) is 8.39. The Morgan fingerprint density at radius 2 is 1.70 bits per heavy atom. The molecule has 0 aromatic heterocycles. The van der Waals surface area contributed by atoms with Crippen LogP contribution in [0.1, 0.15) is 18.4 Å². The number of carbonyl (C=O) groups excluding carboxylic acids is 1. The van der Waals surface area contributed by atoms with Crippen molar-refractivity contribution in [2.45, 2.75) is 31.3 Å². The molecule has 3 aromatic rings. The van der Waals surface area contributed by atoms with E-state index in [1.165, 1.54) is 5.56 Å². The smallest absolute Gasteiger partial charge is 0.169 e. The van der Waals surface area contributed by atoms with Gasteiger partial charge in [-0.3, -0.25) is 4.79 Å². The van der Waals surface area contributed by atoms with Crippen LogP contribution in [-0.2, 0) is 11.2 Å². The van der Waals surface area contributed by atoms with Crippen LogP contribution in [0.4, 0.5) is 0 Å². The molecular formula is C25H31N3O2. The van der Waals surface area contributed by atoms with Crippen molar-refractivity contribution in [2.24, 2.45) is 11.5 Å². The number of rotatable bonds is 12. The Hall–Kier alpha value is -2.73. The predicted octanol–water partition coefficient (Wildman–Crippen LogP) is 3.05. The number of ether oxygens (including phenoxy) is 1. The first-order valence-corrected chi connectivity index (χ1v) is 10.6. The van der Waals surface area contributed by atoms with Crippen LogP contribution in [0.5, 0.6) is 5.75 Å². The quantitative estimate of drug-likeness (QED) is 0.431. The Labute approximate surface area is 178 Å². The minimum Gasteiger partial charge on any atom is -0.491 e. The van der Waals surface area contributed by atoms with E-state index in [-0.39, 0.29) is 12.4 Å². The molecular weight excluding hydrogens is 374 g/mol. The maximum Gasteiger partial charge on any atom is 0.169 e. The third-order valence-electron chi connectivity index (χ3n) is 5.21. The minimum absolute atomic E-state index is 0.0303. The molecule has 0 aliphatic heterocycles. The molecule has 0 heterocycles. The minimum atomic E-state index is -0.539. The Balaban J connectivity index is 1.63. The summed E-state index contributed by atoms with van der Waals surface area (Å²) in [5.74, 6) is 0.712. The number of nitrogens with one attached hydrogen (secondary N) is 1. The van der Waals surface area contributed by atoms with Gasteiger partial charge < -0.3 is 21.5 Å². The molecule has 2 atom stereocenters. The average Bonchev–Trinajstić information content (AvgIpc) is 2.79. The van der Waals surface area contributed by atoms with Crippen molar-refractivity contribution in [3.63, 3.8) is 0 Å². The number of fused-ring (bicyclic) bond motifs is 1. The lowest BCUT2D eigenvalue weighted by atomic mass is 10.0. The summed E-state index contributed by atoms with van der Waals surface area (Å²) in [6.07, 6.45) is 2.15. The summed E-state index contributed by atoms with van der Waals surface area (Å²) in [6.45, 7) is 1.44. The molecule has 0 aliphatic carbocycles. The maximum absolute atomic E-state index is 12.9. The number of carbonyl (C=O) groups is 1. The van der Waals surface area contributed by atoms with E-state index in [2.05, 4.69) is 23.5 Å². The maximum atomic E-state index is 12.9. The topological polar surface area (TPSA) is 90.4 Å². The van der Waals surface area contributed by atoms with Gasteiger partial charge in [0.05, 0.1) is 6.04 Å². The van der Waals surface area contributed by atoms with Crippen LogP contribution in [-0.4, -0.2) is 37.6 Å². The van der Waals surface area contributed by atoms with Crippen LogP contribution in [0.25, 0.3) is 10.8 Å². The molecule has 0 fully saturated rings. The van der Waals surface area contributed by atoms with Crippen molar-refractivity contribution >= 4 is 16.6 Å². The van der Waals surface area contributed by atoms with E-state index in [0.29, 0.717) is 19.5 Å². The van der Waals surface area contributed by atoms with Crippen LogP contribution >= 0.6 is 0 Å². The van der Waals surface area contributed by atoms with Crippen LogP contribution < -0.4 is 21.5 Å². The number of Topliss-reactive ketones (excluding diaryl/α,β-unsaturated/α-hetero) is 1. The third-order valence-corrected chi connectivity index (χ3v) is 5.21.